The quantitative estimate of drug-likeness (QED) is 0.665. The number of carbonyl (C=O) groups excluding carboxylic acids is 3. The molecule has 4 aliphatic rings. The van der Waals surface area contributed by atoms with Gasteiger partial charge in [-0.2, -0.15) is 0 Å². The molecule has 0 aromatic rings. The lowest BCUT2D eigenvalue weighted by Gasteiger charge is -2.60. The van der Waals surface area contributed by atoms with Gasteiger partial charge in [0, 0.05) is 25.7 Å². The van der Waals surface area contributed by atoms with Crippen molar-refractivity contribution in [3.63, 3.8) is 0 Å². The zero-order valence-electron chi connectivity index (χ0n) is 17.7. The van der Waals surface area contributed by atoms with Crippen molar-refractivity contribution < 1.29 is 23.9 Å². The van der Waals surface area contributed by atoms with Crippen LogP contribution in [0.2, 0.25) is 0 Å². The van der Waals surface area contributed by atoms with Crippen LogP contribution in [0, 0.1) is 34.5 Å². The van der Waals surface area contributed by atoms with Gasteiger partial charge >= 0.3 is 11.9 Å². The summed E-state index contributed by atoms with van der Waals surface area (Å²) in [6, 6.07) is 0. The Hall–Kier alpha value is -1.39. The molecule has 0 aliphatic heterocycles. The number of esters is 2. The Bertz CT molecular complexity index is 686. The zero-order valence-corrected chi connectivity index (χ0v) is 17.7. The van der Waals surface area contributed by atoms with Crippen LogP contribution < -0.4 is 0 Å². The van der Waals surface area contributed by atoms with Crippen molar-refractivity contribution >= 4 is 17.7 Å². The highest BCUT2D eigenvalue weighted by Crippen LogP contribution is 2.66. The van der Waals surface area contributed by atoms with E-state index in [4.69, 9.17) is 9.47 Å². The lowest BCUT2D eigenvalue weighted by molar-refractivity contribution is -0.169. The fraction of sp³-hybridized carbons (Fsp3) is 0.870. The molecule has 156 valence electrons. The van der Waals surface area contributed by atoms with Crippen LogP contribution in [0.4, 0.5) is 0 Å². The van der Waals surface area contributed by atoms with Gasteiger partial charge in [0.15, 0.2) is 11.9 Å². The van der Waals surface area contributed by atoms with Crippen LogP contribution in [-0.2, 0) is 23.9 Å². The van der Waals surface area contributed by atoms with Crippen LogP contribution in [0.5, 0.6) is 0 Å². The Kier molecular flexibility index (Phi) is 4.86. The number of hydrogen-bond donors (Lipinski definition) is 0. The normalized spacial score (nSPS) is 47.5. The molecule has 0 N–H and O–H groups in total. The maximum atomic E-state index is 12.7. The first-order valence-corrected chi connectivity index (χ1v) is 11.0. The lowest BCUT2D eigenvalue weighted by Crippen LogP contribution is -2.55. The minimum absolute atomic E-state index is 0.0717. The van der Waals surface area contributed by atoms with E-state index in [9.17, 15) is 14.4 Å². The maximum Gasteiger partial charge on any atom is 0.303 e. The van der Waals surface area contributed by atoms with Crippen molar-refractivity contribution in [3.05, 3.63) is 0 Å². The molecule has 8 atom stereocenters. The SMILES string of the molecule is CC(=O)O[C@H]1CC[C@]2(C)[C@H](CC[C@@H]3[C@H]4CC(=O)[C@@H](OC(C)=O)[C@]4(C)CC[C@H]32)C1. The molecule has 0 heterocycles. The molecule has 4 saturated carbocycles. The van der Waals surface area contributed by atoms with E-state index in [2.05, 4.69) is 13.8 Å². The molecule has 0 unspecified atom stereocenters. The molecule has 0 aromatic heterocycles. The molecule has 5 heteroatoms. The largest absolute Gasteiger partial charge is 0.463 e. The van der Waals surface area contributed by atoms with Gasteiger partial charge in [-0.05, 0) is 74.0 Å². The van der Waals surface area contributed by atoms with Crippen LogP contribution in [0.1, 0.15) is 79.1 Å². The van der Waals surface area contributed by atoms with Crippen molar-refractivity contribution in [3.8, 4) is 0 Å². The van der Waals surface area contributed by atoms with Gasteiger partial charge in [-0.1, -0.05) is 13.8 Å². The molecular formula is C23H34O5. The molecule has 0 bridgehead atoms. The Morgan fingerprint density at radius 1 is 0.893 bits per heavy atom. The first kappa shape index (κ1) is 19.9. The standard InChI is InChI=1S/C23H34O5/c1-13(24)27-16-7-9-22(3)15(11-16)5-6-17-18(22)8-10-23(4)19(17)12-20(26)21(23)28-14(2)25/h15-19,21H,5-12H2,1-4H3/t15-,16+,17+,18-,19-,21-,22-,23-/m1/s1. The zero-order chi connectivity index (χ0) is 20.3. The first-order chi connectivity index (χ1) is 13.1. The molecule has 5 nitrogen and oxygen atoms in total. The van der Waals surface area contributed by atoms with Crippen LogP contribution in [0.25, 0.3) is 0 Å². The highest BCUT2D eigenvalue weighted by atomic mass is 16.5. The molecule has 0 radical (unpaired) electrons. The van der Waals surface area contributed by atoms with E-state index in [1.807, 2.05) is 0 Å². The van der Waals surface area contributed by atoms with Gasteiger partial charge in [-0.3, -0.25) is 14.4 Å². The molecule has 0 saturated heterocycles. The first-order valence-electron chi connectivity index (χ1n) is 11.0. The molecule has 4 rings (SSSR count). The third kappa shape index (κ3) is 3.00. The van der Waals surface area contributed by atoms with Crippen molar-refractivity contribution in [2.75, 3.05) is 0 Å². The number of carbonyl (C=O) groups is 3. The number of ether oxygens (including phenoxy) is 2. The highest BCUT2D eigenvalue weighted by Gasteiger charge is 2.63. The summed E-state index contributed by atoms with van der Waals surface area (Å²) in [6.45, 7) is 7.53. The fourth-order valence-electron chi connectivity index (χ4n) is 7.68. The lowest BCUT2D eigenvalue weighted by atomic mass is 9.45. The van der Waals surface area contributed by atoms with Gasteiger partial charge in [-0.25, -0.2) is 0 Å². The van der Waals surface area contributed by atoms with Gasteiger partial charge in [-0.15, -0.1) is 0 Å². The second-order valence-corrected chi connectivity index (χ2v) is 10.4. The molecule has 0 amide bonds. The van der Waals surface area contributed by atoms with E-state index in [1.54, 1.807) is 0 Å². The predicted molar refractivity (Wildman–Crippen MR) is 103 cm³/mol. The minimum Gasteiger partial charge on any atom is -0.463 e. The van der Waals surface area contributed by atoms with E-state index >= 15 is 0 Å². The number of fused-ring (bicyclic) bond motifs is 5. The molecule has 4 fully saturated rings. The van der Waals surface area contributed by atoms with E-state index in [0.717, 1.165) is 44.9 Å². The Balaban J connectivity index is 1.54. The summed E-state index contributed by atoms with van der Waals surface area (Å²) in [5.41, 5.74) is 0.0610. The topological polar surface area (TPSA) is 69.7 Å². The van der Waals surface area contributed by atoms with Crippen LogP contribution in [-0.4, -0.2) is 29.9 Å². The highest BCUT2D eigenvalue weighted by molar-refractivity contribution is 5.89. The summed E-state index contributed by atoms with van der Waals surface area (Å²) in [6.07, 6.45) is 7.46. The van der Waals surface area contributed by atoms with Gasteiger partial charge in [0.1, 0.15) is 6.10 Å². The average Bonchev–Trinajstić information content (AvgIpc) is 2.85. The average molecular weight is 391 g/mol. The van der Waals surface area contributed by atoms with E-state index in [0.29, 0.717) is 30.1 Å². The van der Waals surface area contributed by atoms with Gasteiger partial charge in [0.2, 0.25) is 0 Å². The summed E-state index contributed by atoms with van der Waals surface area (Å²) in [5.74, 6) is 1.68. The minimum atomic E-state index is -0.554. The van der Waals surface area contributed by atoms with Gasteiger partial charge in [0.05, 0.1) is 0 Å². The summed E-state index contributed by atoms with van der Waals surface area (Å²) >= 11 is 0. The summed E-state index contributed by atoms with van der Waals surface area (Å²) in [7, 11) is 0. The molecule has 28 heavy (non-hydrogen) atoms. The van der Waals surface area contributed by atoms with E-state index < -0.39 is 6.10 Å². The number of rotatable bonds is 2. The fourth-order valence-corrected chi connectivity index (χ4v) is 7.68. The Morgan fingerprint density at radius 3 is 2.25 bits per heavy atom. The van der Waals surface area contributed by atoms with E-state index in [1.165, 1.54) is 13.8 Å². The Morgan fingerprint density at radius 2 is 1.57 bits per heavy atom. The van der Waals surface area contributed by atoms with Crippen LogP contribution in [0.15, 0.2) is 0 Å². The van der Waals surface area contributed by atoms with Crippen molar-refractivity contribution in [2.24, 2.45) is 34.5 Å². The summed E-state index contributed by atoms with van der Waals surface area (Å²) in [5, 5.41) is 0. The van der Waals surface area contributed by atoms with Crippen molar-refractivity contribution in [1.29, 1.82) is 0 Å². The van der Waals surface area contributed by atoms with Crippen molar-refractivity contribution in [1.82, 2.24) is 0 Å². The van der Waals surface area contributed by atoms with Gasteiger partial charge in [0.25, 0.3) is 0 Å². The monoisotopic (exact) mass is 390 g/mol. The predicted octanol–water partition coefficient (Wildman–Crippen LogP) is 4.07. The van der Waals surface area contributed by atoms with Crippen LogP contribution >= 0.6 is 0 Å². The van der Waals surface area contributed by atoms with Crippen LogP contribution in [0.3, 0.4) is 0 Å². The van der Waals surface area contributed by atoms with Gasteiger partial charge < -0.3 is 9.47 Å². The second-order valence-electron chi connectivity index (χ2n) is 10.4. The smallest absolute Gasteiger partial charge is 0.303 e. The summed E-state index contributed by atoms with van der Waals surface area (Å²) < 4.78 is 11.1. The maximum absolute atomic E-state index is 12.7. The van der Waals surface area contributed by atoms with Crippen molar-refractivity contribution in [2.45, 2.75) is 91.3 Å². The molecule has 0 spiro atoms. The molecule has 0 aromatic carbocycles. The molecule has 4 aliphatic carbocycles. The summed E-state index contributed by atoms with van der Waals surface area (Å²) in [4.78, 5) is 35.7. The van der Waals surface area contributed by atoms with E-state index in [-0.39, 0.29) is 34.7 Å². The Labute approximate surface area is 167 Å². The number of hydrogen-bond acceptors (Lipinski definition) is 5. The molecular weight excluding hydrogens is 356 g/mol. The number of ketones is 1. The third-order valence-corrected chi connectivity index (χ3v) is 8.98. The number of Topliss-reactive ketones (excluding diaryl/α,β-unsaturated/α-hetero) is 1. The second kappa shape index (κ2) is 6.84. The third-order valence-electron chi connectivity index (χ3n) is 8.98.